The number of thioether (sulfide) groups is 1. The van der Waals surface area contributed by atoms with Gasteiger partial charge in [-0.2, -0.15) is 0 Å². The second-order valence-corrected chi connectivity index (χ2v) is 5.65. The van der Waals surface area contributed by atoms with Crippen LogP contribution in [0, 0.1) is 10.1 Å². The monoisotopic (exact) mass is 282 g/mol. The summed E-state index contributed by atoms with van der Waals surface area (Å²) in [6.45, 7) is 0.987. The Morgan fingerprint density at radius 1 is 1.37 bits per heavy atom. The van der Waals surface area contributed by atoms with Gasteiger partial charge < -0.3 is 10.0 Å². The maximum Gasteiger partial charge on any atom is 0.407 e. The number of rotatable bonds is 3. The summed E-state index contributed by atoms with van der Waals surface area (Å²) in [4.78, 5) is 23.4. The fourth-order valence-electron chi connectivity index (χ4n) is 2.05. The number of para-hydroxylation sites is 1. The first-order valence-corrected chi connectivity index (χ1v) is 6.84. The predicted molar refractivity (Wildman–Crippen MR) is 71.6 cm³/mol. The maximum atomic E-state index is 10.9. The molecule has 1 fully saturated rings. The maximum absolute atomic E-state index is 10.9. The van der Waals surface area contributed by atoms with E-state index in [0.29, 0.717) is 18.0 Å². The Labute approximate surface area is 114 Å². The summed E-state index contributed by atoms with van der Waals surface area (Å²) in [6.07, 6.45) is 0.556. The van der Waals surface area contributed by atoms with Crippen molar-refractivity contribution < 1.29 is 14.8 Å². The Kier molecular flexibility index (Phi) is 4.26. The van der Waals surface area contributed by atoms with E-state index in [4.69, 9.17) is 5.11 Å². The van der Waals surface area contributed by atoms with Gasteiger partial charge in [-0.05, 0) is 18.9 Å². The molecule has 1 aliphatic rings. The molecular formula is C12H14N2O4S. The number of nitro benzene ring substituents is 1. The van der Waals surface area contributed by atoms with Gasteiger partial charge >= 0.3 is 6.09 Å². The number of nitrogens with zero attached hydrogens (tertiary/aromatic N) is 2. The van der Waals surface area contributed by atoms with Gasteiger partial charge in [0, 0.05) is 24.4 Å². The lowest BCUT2D eigenvalue weighted by Crippen LogP contribution is -2.38. The normalized spacial score (nSPS) is 16.3. The number of carbonyl (C=O) groups is 1. The molecule has 1 aliphatic heterocycles. The number of hydrogen-bond acceptors (Lipinski definition) is 4. The molecule has 0 atom stereocenters. The second-order valence-electron chi connectivity index (χ2n) is 4.31. The smallest absolute Gasteiger partial charge is 0.407 e. The van der Waals surface area contributed by atoms with Crippen LogP contribution in [0.4, 0.5) is 10.5 Å². The van der Waals surface area contributed by atoms with Gasteiger partial charge in [-0.25, -0.2) is 4.79 Å². The molecule has 2 rings (SSSR count). The highest BCUT2D eigenvalue weighted by Crippen LogP contribution is 2.35. The van der Waals surface area contributed by atoms with E-state index in [2.05, 4.69) is 0 Å². The third kappa shape index (κ3) is 3.37. The Bertz CT molecular complexity index is 486. The van der Waals surface area contributed by atoms with Crippen molar-refractivity contribution in [1.29, 1.82) is 0 Å². The van der Waals surface area contributed by atoms with E-state index >= 15 is 0 Å². The van der Waals surface area contributed by atoms with Crippen LogP contribution in [0.25, 0.3) is 0 Å². The standard InChI is InChI=1S/C12H14N2O4S/c15-12(16)13-7-5-9(6-8-13)19-11-4-2-1-3-10(11)14(17)18/h1-4,9H,5-8H2,(H,15,16). The number of benzene rings is 1. The molecule has 0 spiro atoms. The molecular weight excluding hydrogens is 268 g/mol. The number of nitro groups is 1. The van der Waals surface area contributed by atoms with Gasteiger partial charge in [-0.3, -0.25) is 10.1 Å². The molecule has 1 heterocycles. The van der Waals surface area contributed by atoms with Crippen LogP contribution < -0.4 is 0 Å². The molecule has 102 valence electrons. The van der Waals surface area contributed by atoms with Crippen LogP contribution in [0.1, 0.15) is 12.8 Å². The lowest BCUT2D eigenvalue weighted by atomic mass is 10.1. The van der Waals surface area contributed by atoms with Crippen LogP contribution in [-0.2, 0) is 0 Å². The lowest BCUT2D eigenvalue weighted by molar-refractivity contribution is -0.387. The molecule has 0 saturated carbocycles. The largest absolute Gasteiger partial charge is 0.465 e. The van der Waals surface area contributed by atoms with Crippen molar-refractivity contribution in [3.63, 3.8) is 0 Å². The first kappa shape index (κ1) is 13.7. The van der Waals surface area contributed by atoms with Gasteiger partial charge in [0.15, 0.2) is 0 Å². The van der Waals surface area contributed by atoms with Crippen LogP contribution in [0.15, 0.2) is 29.2 Å². The summed E-state index contributed by atoms with van der Waals surface area (Å²) >= 11 is 1.47. The quantitative estimate of drug-likeness (QED) is 0.680. The zero-order valence-corrected chi connectivity index (χ0v) is 11.0. The van der Waals surface area contributed by atoms with E-state index in [0.717, 1.165) is 12.8 Å². The minimum Gasteiger partial charge on any atom is -0.465 e. The number of likely N-dealkylation sites (tertiary alicyclic amines) is 1. The minimum absolute atomic E-state index is 0.119. The van der Waals surface area contributed by atoms with E-state index in [9.17, 15) is 14.9 Å². The summed E-state index contributed by atoms with van der Waals surface area (Å²) in [7, 11) is 0. The fourth-order valence-corrected chi connectivity index (χ4v) is 3.28. The van der Waals surface area contributed by atoms with E-state index in [-0.39, 0.29) is 15.9 Å². The Morgan fingerprint density at radius 3 is 2.58 bits per heavy atom. The van der Waals surface area contributed by atoms with Crippen molar-refractivity contribution >= 4 is 23.5 Å². The van der Waals surface area contributed by atoms with E-state index in [1.807, 2.05) is 0 Å². The van der Waals surface area contributed by atoms with Crippen molar-refractivity contribution in [1.82, 2.24) is 4.90 Å². The van der Waals surface area contributed by atoms with Gasteiger partial charge in [0.05, 0.1) is 9.82 Å². The van der Waals surface area contributed by atoms with Gasteiger partial charge in [0.25, 0.3) is 5.69 Å². The summed E-state index contributed by atoms with van der Waals surface area (Å²) in [5, 5.41) is 20.0. The summed E-state index contributed by atoms with van der Waals surface area (Å²) in [5.41, 5.74) is 0.119. The average molecular weight is 282 g/mol. The average Bonchev–Trinajstić information content (AvgIpc) is 2.39. The van der Waals surface area contributed by atoms with Crippen molar-refractivity contribution in [2.24, 2.45) is 0 Å². The Hall–Kier alpha value is -1.76. The molecule has 19 heavy (non-hydrogen) atoms. The summed E-state index contributed by atoms with van der Waals surface area (Å²) in [6, 6.07) is 6.66. The fraction of sp³-hybridized carbons (Fsp3) is 0.417. The van der Waals surface area contributed by atoms with Gasteiger partial charge in [0.1, 0.15) is 0 Å². The summed E-state index contributed by atoms with van der Waals surface area (Å²) < 4.78 is 0. The highest BCUT2D eigenvalue weighted by molar-refractivity contribution is 8.00. The third-order valence-corrected chi connectivity index (χ3v) is 4.47. The first-order chi connectivity index (χ1) is 9.08. The number of piperidine rings is 1. The van der Waals surface area contributed by atoms with Crippen LogP contribution in [0.3, 0.4) is 0 Å². The highest BCUT2D eigenvalue weighted by Gasteiger charge is 2.25. The molecule has 0 unspecified atom stereocenters. The topological polar surface area (TPSA) is 83.7 Å². The molecule has 1 aromatic rings. The number of hydrogen-bond donors (Lipinski definition) is 1. The molecule has 1 N–H and O–H groups in total. The Balaban J connectivity index is 2.00. The molecule has 0 radical (unpaired) electrons. The lowest BCUT2D eigenvalue weighted by Gasteiger charge is -2.29. The van der Waals surface area contributed by atoms with Crippen molar-refractivity contribution in [3.8, 4) is 0 Å². The number of carboxylic acid groups (broad SMARTS) is 1. The molecule has 0 bridgehead atoms. The van der Waals surface area contributed by atoms with Crippen LogP contribution in [0.5, 0.6) is 0 Å². The van der Waals surface area contributed by atoms with Crippen LogP contribution in [-0.4, -0.2) is 39.4 Å². The van der Waals surface area contributed by atoms with Crippen molar-refractivity contribution in [3.05, 3.63) is 34.4 Å². The zero-order valence-electron chi connectivity index (χ0n) is 10.2. The highest BCUT2D eigenvalue weighted by atomic mass is 32.2. The van der Waals surface area contributed by atoms with E-state index in [1.165, 1.54) is 22.7 Å². The molecule has 7 heteroatoms. The molecule has 1 aromatic carbocycles. The third-order valence-electron chi connectivity index (χ3n) is 3.07. The van der Waals surface area contributed by atoms with E-state index < -0.39 is 6.09 Å². The van der Waals surface area contributed by atoms with E-state index in [1.54, 1.807) is 18.2 Å². The molecule has 6 nitrogen and oxygen atoms in total. The molecule has 0 aromatic heterocycles. The molecule has 1 amide bonds. The predicted octanol–water partition coefficient (Wildman–Crippen LogP) is 2.83. The van der Waals surface area contributed by atoms with Crippen molar-refractivity contribution in [2.45, 2.75) is 23.0 Å². The molecule has 0 aliphatic carbocycles. The van der Waals surface area contributed by atoms with Gasteiger partial charge in [0.2, 0.25) is 0 Å². The minimum atomic E-state index is -0.894. The summed E-state index contributed by atoms with van der Waals surface area (Å²) in [5.74, 6) is 0. The second kappa shape index (κ2) is 5.92. The number of amides is 1. The van der Waals surface area contributed by atoms with Gasteiger partial charge in [-0.15, -0.1) is 11.8 Å². The zero-order chi connectivity index (χ0) is 13.8. The Morgan fingerprint density at radius 2 is 2.00 bits per heavy atom. The first-order valence-electron chi connectivity index (χ1n) is 5.96. The van der Waals surface area contributed by atoms with Crippen LogP contribution >= 0.6 is 11.8 Å². The SMILES string of the molecule is O=C(O)N1CCC(Sc2ccccc2[N+](=O)[O-])CC1. The van der Waals surface area contributed by atoms with Gasteiger partial charge in [-0.1, -0.05) is 12.1 Å². The van der Waals surface area contributed by atoms with Crippen LogP contribution in [0.2, 0.25) is 0 Å². The molecule has 1 saturated heterocycles. The van der Waals surface area contributed by atoms with Crippen molar-refractivity contribution in [2.75, 3.05) is 13.1 Å².